The third-order valence-electron chi connectivity index (χ3n) is 5.14. The van der Waals surface area contributed by atoms with Crippen LogP contribution in [0.15, 0.2) is 29.6 Å². The molecule has 1 aliphatic rings. The Morgan fingerprint density at radius 2 is 1.76 bits per heavy atom. The summed E-state index contributed by atoms with van der Waals surface area (Å²) in [6.07, 6.45) is 7.93. The first-order valence-corrected chi connectivity index (χ1v) is 8.99. The molecule has 21 heavy (non-hydrogen) atoms. The maximum Gasteiger partial charge on any atom is 0.0872 e. The zero-order valence-electron chi connectivity index (χ0n) is 12.6. The van der Waals surface area contributed by atoms with Crippen LogP contribution in [0.3, 0.4) is 0 Å². The molecule has 0 amide bonds. The van der Waals surface area contributed by atoms with E-state index in [-0.39, 0.29) is 5.41 Å². The van der Waals surface area contributed by atoms with Crippen molar-refractivity contribution < 1.29 is 5.11 Å². The van der Waals surface area contributed by atoms with E-state index in [1.807, 2.05) is 0 Å². The summed E-state index contributed by atoms with van der Waals surface area (Å²) in [7, 11) is 0. The van der Waals surface area contributed by atoms with Crippen LogP contribution in [-0.2, 0) is 0 Å². The SMILES string of the molecule is NCC1(C(O)c2csc3ccccc23)CCCCCCC1. The van der Waals surface area contributed by atoms with Crippen LogP contribution in [0.4, 0.5) is 0 Å². The van der Waals surface area contributed by atoms with Crippen molar-refractivity contribution in [3.63, 3.8) is 0 Å². The summed E-state index contributed by atoms with van der Waals surface area (Å²) in [6.45, 7) is 0.582. The highest BCUT2D eigenvalue weighted by Gasteiger charge is 2.38. The molecule has 0 saturated heterocycles. The summed E-state index contributed by atoms with van der Waals surface area (Å²) in [6, 6.07) is 8.36. The van der Waals surface area contributed by atoms with Crippen molar-refractivity contribution in [1.82, 2.24) is 0 Å². The van der Waals surface area contributed by atoms with Gasteiger partial charge < -0.3 is 10.8 Å². The number of aliphatic hydroxyl groups is 1. The fourth-order valence-corrected chi connectivity index (χ4v) is 4.72. The van der Waals surface area contributed by atoms with Crippen LogP contribution in [0.5, 0.6) is 0 Å². The lowest BCUT2D eigenvalue weighted by atomic mass is 9.70. The summed E-state index contributed by atoms with van der Waals surface area (Å²) in [5, 5.41) is 14.5. The van der Waals surface area contributed by atoms with Crippen LogP contribution in [-0.4, -0.2) is 11.7 Å². The van der Waals surface area contributed by atoms with E-state index < -0.39 is 6.10 Å². The summed E-state index contributed by atoms with van der Waals surface area (Å²) >= 11 is 1.72. The predicted octanol–water partition coefficient (Wildman–Crippen LogP) is 4.62. The molecule has 1 saturated carbocycles. The van der Waals surface area contributed by atoms with Gasteiger partial charge in [0.25, 0.3) is 0 Å². The second kappa shape index (κ2) is 6.47. The first kappa shape index (κ1) is 15.0. The Bertz CT molecular complexity index is 584. The van der Waals surface area contributed by atoms with Gasteiger partial charge in [0.1, 0.15) is 0 Å². The Labute approximate surface area is 131 Å². The molecule has 2 aromatic rings. The Morgan fingerprint density at radius 1 is 1.10 bits per heavy atom. The minimum Gasteiger partial charge on any atom is -0.388 e. The normalized spacial score (nSPS) is 20.9. The molecule has 1 aromatic carbocycles. The summed E-state index contributed by atoms with van der Waals surface area (Å²) in [4.78, 5) is 0. The maximum atomic E-state index is 11.1. The van der Waals surface area contributed by atoms with Gasteiger partial charge in [-0.2, -0.15) is 0 Å². The van der Waals surface area contributed by atoms with Gasteiger partial charge in [0.05, 0.1) is 6.10 Å². The fraction of sp³-hybridized carbons (Fsp3) is 0.556. The van der Waals surface area contributed by atoms with E-state index in [1.165, 1.54) is 42.2 Å². The van der Waals surface area contributed by atoms with E-state index in [4.69, 9.17) is 5.73 Å². The van der Waals surface area contributed by atoms with E-state index in [0.717, 1.165) is 18.4 Å². The molecule has 0 bridgehead atoms. The highest BCUT2D eigenvalue weighted by atomic mass is 32.1. The van der Waals surface area contributed by atoms with E-state index >= 15 is 0 Å². The van der Waals surface area contributed by atoms with Crippen molar-refractivity contribution in [2.24, 2.45) is 11.1 Å². The lowest BCUT2D eigenvalue weighted by Gasteiger charge is -2.38. The predicted molar refractivity (Wildman–Crippen MR) is 90.6 cm³/mol. The number of nitrogens with two attached hydrogens (primary N) is 1. The Morgan fingerprint density at radius 3 is 2.48 bits per heavy atom. The molecule has 0 aliphatic heterocycles. The third kappa shape index (κ3) is 2.87. The molecule has 3 rings (SSSR count). The topological polar surface area (TPSA) is 46.2 Å². The average Bonchev–Trinajstić information content (AvgIpc) is 2.91. The molecule has 1 atom stereocenters. The minimum atomic E-state index is -0.434. The van der Waals surface area contributed by atoms with Crippen molar-refractivity contribution in [3.8, 4) is 0 Å². The van der Waals surface area contributed by atoms with Crippen LogP contribution >= 0.6 is 11.3 Å². The second-order valence-corrected chi connectivity index (χ2v) is 7.34. The smallest absolute Gasteiger partial charge is 0.0872 e. The number of fused-ring (bicyclic) bond motifs is 1. The van der Waals surface area contributed by atoms with Crippen LogP contribution in [0.25, 0.3) is 10.1 Å². The standard InChI is InChI=1S/C18H25NOS/c19-13-18(10-6-2-1-3-7-11-18)17(20)15-12-21-16-9-5-4-8-14(15)16/h4-5,8-9,12,17,20H,1-3,6-7,10-11,13,19H2. The molecule has 2 nitrogen and oxygen atoms in total. The van der Waals surface area contributed by atoms with Crippen molar-refractivity contribution in [2.75, 3.05) is 6.54 Å². The molecular formula is C18H25NOS. The van der Waals surface area contributed by atoms with E-state index in [2.05, 4.69) is 29.6 Å². The van der Waals surface area contributed by atoms with Gasteiger partial charge in [-0.15, -0.1) is 11.3 Å². The first-order chi connectivity index (χ1) is 10.3. The van der Waals surface area contributed by atoms with Gasteiger partial charge in [-0.25, -0.2) is 0 Å². The van der Waals surface area contributed by atoms with Gasteiger partial charge in [-0.05, 0) is 35.2 Å². The second-order valence-electron chi connectivity index (χ2n) is 6.42. The van der Waals surface area contributed by atoms with Crippen molar-refractivity contribution in [3.05, 3.63) is 35.2 Å². The number of thiophene rings is 1. The summed E-state index contributed by atoms with van der Waals surface area (Å²) in [5.41, 5.74) is 7.10. The van der Waals surface area contributed by atoms with Gasteiger partial charge in [0, 0.05) is 16.7 Å². The first-order valence-electron chi connectivity index (χ1n) is 8.11. The van der Waals surface area contributed by atoms with E-state index in [1.54, 1.807) is 11.3 Å². The molecule has 114 valence electrons. The zero-order chi connectivity index (χ0) is 14.7. The van der Waals surface area contributed by atoms with Gasteiger partial charge in [0.2, 0.25) is 0 Å². The molecule has 3 heteroatoms. The van der Waals surface area contributed by atoms with E-state index in [9.17, 15) is 5.11 Å². The number of benzene rings is 1. The molecule has 1 fully saturated rings. The summed E-state index contributed by atoms with van der Waals surface area (Å²) < 4.78 is 1.25. The molecular weight excluding hydrogens is 278 g/mol. The fourth-order valence-electron chi connectivity index (χ4n) is 3.74. The Balaban J connectivity index is 1.95. The van der Waals surface area contributed by atoms with Gasteiger partial charge in [0.15, 0.2) is 0 Å². The lowest BCUT2D eigenvalue weighted by Crippen LogP contribution is -2.37. The van der Waals surface area contributed by atoms with Crippen molar-refractivity contribution >= 4 is 21.4 Å². The minimum absolute atomic E-state index is 0.135. The highest BCUT2D eigenvalue weighted by molar-refractivity contribution is 7.17. The van der Waals surface area contributed by atoms with Crippen LogP contribution in [0.1, 0.15) is 56.6 Å². The zero-order valence-corrected chi connectivity index (χ0v) is 13.4. The Kier molecular flexibility index (Phi) is 4.63. The van der Waals surface area contributed by atoms with Crippen LogP contribution in [0.2, 0.25) is 0 Å². The number of aliphatic hydroxyl groups excluding tert-OH is 1. The van der Waals surface area contributed by atoms with Crippen molar-refractivity contribution in [1.29, 1.82) is 0 Å². The van der Waals surface area contributed by atoms with Gasteiger partial charge in [-0.1, -0.05) is 50.3 Å². The maximum absolute atomic E-state index is 11.1. The molecule has 1 unspecified atom stereocenters. The van der Waals surface area contributed by atoms with Crippen LogP contribution < -0.4 is 5.73 Å². The Hall–Kier alpha value is -0.900. The number of hydrogen-bond acceptors (Lipinski definition) is 3. The molecule has 1 heterocycles. The largest absolute Gasteiger partial charge is 0.388 e. The van der Waals surface area contributed by atoms with Crippen LogP contribution in [0, 0.1) is 5.41 Å². The quantitative estimate of drug-likeness (QED) is 0.868. The number of rotatable bonds is 3. The molecule has 1 aromatic heterocycles. The van der Waals surface area contributed by atoms with Gasteiger partial charge >= 0.3 is 0 Å². The average molecular weight is 303 g/mol. The summed E-state index contributed by atoms with van der Waals surface area (Å²) in [5.74, 6) is 0. The molecule has 3 N–H and O–H groups in total. The van der Waals surface area contributed by atoms with Gasteiger partial charge in [-0.3, -0.25) is 0 Å². The lowest BCUT2D eigenvalue weighted by molar-refractivity contribution is 0.00973. The van der Waals surface area contributed by atoms with Crippen molar-refractivity contribution in [2.45, 2.75) is 51.0 Å². The third-order valence-corrected chi connectivity index (χ3v) is 6.12. The molecule has 0 spiro atoms. The molecule has 0 radical (unpaired) electrons. The monoisotopic (exact) mass is 303 g/mol. The molecule has 1 aliphatic carbocycles. The van der Waals surface area contributed by atoms with E-state index in [0.29, 0.717) is 6.54 Å². The highest BCUT2D eigenvalue weighted by Crippen LogP contribution is 2.46. The number of hydrogen-bond donors (Lipinski definition) is 2.